The van der Waals surface area contributed by atoms with Crippen LogP contribution in [0.25, 0.3) is 16.8 Å². The Morgan fingerprint density at radius 2 is 1.91 bits per heavy atom. The molecule has 3 fully saturated rings. The summed E-state index contributed by atoms with van der Waals surface area (Å²) in [6, 6.07) is 12.7. The number of thiazole rings is 1. The Kier molecular flexibility index (Phi) is 6.86. The van der Waals surface area contributed by atoms with Crippen molar-refractivity contribution in [3.05, 3.63) is 58.5 Å². The van der Waals surface area contributed by atoms with Crippen LogP contribution in [0.4, 0.5) is 20.9 Å². The van der Waals surface area contributed by atoms with Gasteiger partial charge in [0.25, 0.3) is 0 Å². The van der Waals surface area contributed by atoms with Crippen molar-refractivity contribution >= 4 is 39.3 Å². The van der Waals surface area contributed by atoms with Gasteiger partial charge in [-0.1, -0.05) is 18.3 Å². The zero-order chi connectivity index (χ0) is 29.9. The molecule has 6 heterocycles. The number of aromatic nitrogens is 3. The molecule has 0 saturated carbocycles. The lowest BCUT2D eigenvalue weighted by molar-refractivity contribution is -0.152. The summed E-state index contributed by atoms with van der Waals surface area (Å²) in [7, 11) is 1.96. The normalized spacial score (nSPS) is 18.0. The summed E-state index contributed by atoms with van der Waals surface area (Å²) >= 11 is 1.32. The molecule has 1 aromatic carbocycles. The second kappa shape index (κ2) is 10.6. The molecule has 0 atom stereocenters. The average molecular weight is 600 g/mol. The van der Waals surface area contributed by atoms with Gasteiger partial charge in [-0.15, -0.1) is 0 Å². The molecule has 0 bridgehead atoms. The summed E-state index contributed by atoms with van der Waals surface area (Å²) in [6.45, 7) is 9.07. The Hall–Kier alpha value is -4.01. The van der Waals surface area contributed by atoms with Crippen LogP contribution in [0.2, 0.25) is 0 Å². The summed E-state index contributed by atoms with van der Waals surface area (Å²) in [6.07, 6.45) is 2.41. The molecule has 0 radical (unpaired) electrons. The smallest absolute Gasteiger partial charge is 0.225 e. The number of nitrogens with zero attached hydrogens (tertiary/aromatic N) is 7. The van der Waals surface area contributed by atoms with E-state index in [4.69, 9.17) is 14.8 Å². The van der Waals surface area contributed by atoms with Gasteiger partial charge in [-0.2, -0.15) is 10.4 Å². The first-order valence-electron chi connectivity index (χ1n) is 14.8. The number of hydrogen-bond acceptors (Lipinski definition) is 8. The molecule has 222 valence electrons. The first kappa shape index (κ1) is 27.8. The average Bonchev–Trinajstić information content (AvgIpc) is 3.58. The van der Waals surface area contributed by atoms with Crippen LogP contribution >= 0.6 is 11.3 Å². The molecule has 3 aliphatic heterocycles. The summed E-state index contributed by atoms with van der Waals surface area (Å²) in [4.78, 5) is 24.7. The number of amides is 1. The molecule has 11 heteroatoms. The van der Waals surface area contributed by atoms with Crippen molar-refractivity contribution < 1.29 is 13.9 Å². The highest BCUT2D eigenvalue weighted by molar-refractivity contribution is 7.16. The third-order valence-electron chi connectivity index (χ3n) is 9.09. The minimum absolute atomic E-state index is 0.117. The molecule has 3 aliphatic rings. The quantitative estimate of drug-likeness (QED) is 0.302. The molecule has 3 saturated heterocycles. The van der Waals surface area contributed by atoms with Crippen molar-refractivity contribution in [3.63, 3.8) is 0 Å². The summed E-state index contributed by atoms with van der Waals surface area (Å²) in [5, 5.41) is 15.5. The Labute approximate surface area is 254 Å². The highest BCUT2D eigenvalue weighted by Crippen LogP contribution is 2.45. The first-order chi connectivity index (χ1) is 20.8. The number of pyridine rings is 1. The maximum atomic E-state index is 13.5. The van der Waals surface area contributed by atoms with Gasteiger partial charge in [0.2, 0.25) is 5.91 Å². The number of halogens is 1. The van der Waals surface area contributed by atoms with Gasteiger partial charge in [-0.3, -0.25) is 4.79 Å². The Balaban J connectivity index is 1.14. The Morgan fingerprint density at radius 3 is 2.58 bits per heavy atom. The number of anilines is 3. The molecular formula is C32H34FN7O2S. The fraction of sp³-hybridized carbons (Fsp3) is 0.438. The number of aryl methyl sites for hydroxylation is 2. The van der Waals surface area contributed by atoms with Crippen molar-refractivity contribution in [2.45, 2.75) is 33.1 Å². The monoisotopic (exact) mass is 599 g/mol. The van der Waals surface area contributed by atoms with Crippen molar-refractivity contribution in [3.8, 4) is 17.3 Å². The van der Waals surface area contributed by atoms with Crippen molar-refractivity contribution in [2.75, 3.05) is 56.2 Å². The van der Waals surface area contributed by atoms with Gasteiger partial charge >= 0.3 is 0 Å². The van der Waals surface area contributed by atoms with E-state index in [1.54, 1.807) is 12.1 Å². The molecule has 43 heavy (non-hydrogen) atoms. The third kappa shape index (κ3) is 4.73. The number of rotatable bonds is 6. The van der Waals surface area contributed by atoms with Gasteiger partial charge < -0.3 is 19.4 Å². The lowest BCUT2D eigenvalue weighted by Gasteiger charge is -2.61. The van der Waals surface area contributed by atoms with Crippen LogP contribution in [-0.4, -0.2) is 71.8 Å². The number of carbonyl (C=O) groups excluding carboxylic acids is 1. The molecule has 0 unspecified atom stereocenters. The van der Waals surface area contributed by atoms with Gasteiger partial charge in [0.1, 0.15) is 22.5 Å². The van der Waals surface area contributed by atoms with E-state index in [2.05, 4.69) is 36.9 Å². The molecule has 1 amide bonds. The lowest BCUT2D eigenvalue weighted by Crippen LogP contribution is -2.73. The number of hydrogen-bond donors (Lipinski definition) is 0. The summed E-state index contributed by atoms with van der Waals surface area (Å²) in [5.74, 6) is 0.0883. The number of likely N-dealkylation sites (tertiary alicyclic amines) is 1. The minimum atomic E-state index is -0.328. The maximum absolute atomic E-state index is 13.5. The van der Waals surface area contributed by atoms with Crippen LogP contribution in [-0.2, 0) is 16.0 Å². The van der Waals surface area contributed by atoms with Crippen LogP contribution in [0, 0.1) is 35.4 Å². The molecule has 9 nitrogen and oxygen atoms in total. The minimum Gasteiger partial charge on any atom is -0.381 e. The predicted molar refractivity (Wildman–Crippen MR) is 164 cm³/mol. The number of benzene rings is 1. The van der Waals surface area contributed by atoms with E-state index in [9.17, 15) is 14.4 Å². The summed E-state index contributed by atoms with van der Waals surface area (Å²) in [5.41, 5.74) is 6.51. The van der Waals surface area contributed by atoms with Gasteiger partial charge in [-0.25, -0.2) is 13.9 Å². The van der Waals surface area contributed by atoms with Gasteiger partial charge in [0, 0.05) is 74.7 Å². The van der Waals surface area contributed by atoms with Gasteiger partial charge in [-0.05, 0) is 62.6 Å². The highest BCUT2D eigenvalue weighted by atomic mass is 32.1. The van der Waals surface area contributed by atoms with Crippen LogP contribution in [0.5, 0.6) is 0 Å². The Bertz CT molecular complexity index is 1740. The predicted octanol–water partition coefficient (Wildman–Crippen LogP) is 5.18. The zero-order valence-electron chi connectivity index (χ0n) is 24.6. The van der Waals surface area contributed by atoms with E-state index in [1.807, 2.05) is 21.4 Å². The van der Waals surface area contributed by atoms with E-state index in [1.165, 1.54) is 23.5 Å². The molecule has 3 aromatic heterocycles. The van der Waals surface area contributed by atoms with Gasteiger partial charge in [0.15, 0.2) is 5.13 Å². The first-order valence-corrected chi connectivity index (χ1v) is 15.6. The fourth-order valence-electron chi connectivity index (χ4n) is 6.81. The van der Waals surface area contributed by atoms with Crippen LogP contribution in [0.1, 0.15) is 36.0 Å². The van der Waals surface area contributed by atoms with Crippen LogP contribution in [0.15, 0.2) is 36.4 Å². The number of ether oxygens (including phenoxy) is 1. The van der Waals surface area contributed by atoms with Crippen molar-refractivity contribution in [1.29, 1.82) is 5.26 Å². The molecule has 0 aliphatic carbocycles. The van der Waals surface area contributed by atoms with Crippen LogP contribution in [0.3, 0.4) is 0 Å². The third-order valence-corrected chi connectivity index (χ3v) is 10.1. The highest BCUT2D eigenvalue weighted by Gasteiger charge is 2.54. The number of nitriles is 1. The molecule has 1 spiro atoms. The maximum Gasteiger partial charge on any atom is 0.225 e. The SMILES string of the molecule is CCc1nn2c(C)cc(N3CC4(CN(C(=O)C5CCOCC5)C4)C3)cc2c1N(C)c1nc(-c2ccc(F)cc2)c(C#N)s1. The van der Waals surface area contributed by atoms with Crippen molar-refractivity contribution in [1.82, 2.24) is 19.5 Å². The molecule has 7 rings (SSSR count). The fourth-order valence-corrected chi connectivity index (χ4v) is 7.66. The lowest BCUT2D eigenvalue weighted by atomic mass is 9.72. The molecule has 0 N–H and O–H groups in total. The van der Waals surface area contributed by atoms with E-state index in [0.29, 0.717) is 40.4 Å². The van der Waals surface area contributed by atoms with E-state index in [-0.39, 0.29) is 17.2 Å². The van der Waals surface area contributed by atoms with E-state index >= 15 is 0 Å². The van der Waals surface area contributed by atoms with Gasteiger partial charge in [0.05, 0.1) is 16.9 Å². The topological polar surface area (TPSA) is 90.0 Å². The summed E-state index contributed by atoms with van der Waals surface area (Å²) < 4.78 is 21.0. The van der Waals surface area contributed by atoms with E-state index in [0.717, 1.165) is 73.7 Å². The van der Waals surface area contributed by atoms with Crippen LogP contribution < -0.4 is 9.80 Å². The number of fused-ring (bicyclic) bond motifs is 1. The second-order valence-electron chi connectivity index (χ2n) is 12.1. The largest absolute Gasteiger partial charge is 0.381 e. The Morgan fingerprint density at radius 1 is 1.19 bits per heavy atom. The molecular weight excluding hydrogens is 565 g/mol. The standard InChI is InChI=1S/C32H34FN7O2S/c1-4-25-29(37(3)31-35-28(27(15-34)43-31)21-5-7-23(33)8-6-21)26-14-24(13-20(2)40(26)36-25)38-16-32(17-38)18-39(19-32)30(41)22-9-11-42-12-10-22/h5-8,13-14,22H,4,9-12,16-19H2,1-3H3. The molecule has 4 aromatic rings. The second-order valence-corrected chi connectivity index (χ2v) is 13.1. The van der Waals surface area contributed by atoms with Crippen molar-refractivity contribution in [2.24, 2.45) is 11.3 Å². The zero-order valence-corrected chi connectivity index (χ0v) is 25.5. The van der Waals surface area contributed by atoms with E-state index < -0.39 is 0 Å². The number of carbonyl (C=O) groups is 1.